The molecule has 2 heterocycles. The van der Waals surface area contributed by atoms with Gasteiger partial charge in [-0.25, -0.2) is 4.98 Å². The smallest absolute Gasteiger partial charge is 0.226 e. The molecule has 0 fully saturated rings. The van der Waals surface area contributed by atoms with Crippen molar-refractivity contribution < 1.29 is 0 Å². The zero-order valence-corrected chi connectivity index (χ0v) is 11.4. The van der Waals surface area contributed by atoms with E-state index in [0.29, 0.717) is 16.5 Å². The molecule has 0 saturated heterocycles. The quantitative estimate of drug-likeness (QED) is 0.736. The van der Waals surface area contributed by atoms with Gasteiger partial charge in [-0.05, 0) is 35.9 Å². The number of aromatic nitrogens is 4. The van der Waals surface area contributed by atoms with Crippen LogP contribution >= 0.6 is 23.2 Å². The van der Waals surface area contributed by atoms with Crippen molar-refractivity contribution in [3.05, 3.63) is 40.9 Å². The highest BCUT2D eigenvalue weighted by atomic mass is 35.5. The number of rotatable bonds is 2. The van der Waals surface area contributed by atoms with Gasteiger partial charge >= 0.3 is 0 Å². The Labute approximate surface area is 119 Å². The summed E-state index contributed by atoms with van der Waals surface area (Å²) >= 11 is 11.7. The molecule has 0 aliphatic heterocycles. The van der Waals surface area contributed by atoms with E-state index in [1.165, 1.54) is 0 Å². The number of imidazole rings is 1. The Kier molecular flexibility index (Phi) is 3.00. The monoisotopic (exact) mass is 293 g/mol. The summed E-state index contributed by atoms with van der Waals surface area (Å²) in [4.78, 5) is 12.4. The Hall–Kier alpha value is -1.85. The Morgan fingerprint density at radius 1 is 1.11 bits per heavy atom. The highest BCUT2D eigenvalue weighted by molar-refractivity contribution is 6.30. The van der Waals surface area contributed by atoms with Crippen LogP contribution in [0.3, 0.4) is 0 Å². The van der Waals surface area contributed by atoms with Gasteiger partial charge in [-0.1, -0.05) is 11.6 Å². The van der Waals surface area contributed by atoms with Gasteiger partial charge in [0.05, 0.1) is 6.33 Å². The van der Waals surface area contributed by atoms with E-state index in [1.54, 1.807) is 18.5 Å². The van der Waals surface area contributed by atoms with E-state index in [1.807, 2.05) is 23.7 Å². The molecule has 2 aromatic heterocycles. The van der Waals surface area contributed by atoms with Crippen molar-refractivity contribution in [2.75, 3.05) is 5.32 Å². The number of benzene rings is 1. The Morgan fingerprint density at radius 2 is 1.84 bits per heavy atom. The van der Waals surface area contributed by atoms with Gasteiger partial charge in [0.15, 0.2) is 11.5 Å². The van der Waals surface area contributed by atoms with Gasteiger partial charge in [0, 0.05) is 17.8 Å². The summed E-state index contributed by atoms with van der Waals surface area (Å²) in [5, 5.41) is 4.02. The van der Waals surface area contributed by atoms with Gasteiger partial charge in [-0.15, -0.1) is 0 Å². The molecular formula is C12H9Cl2N5. The lowest BCUT2D eigenvalue weighted by Gasteiger charge is -2.08. The number of fused-ring (bicyclic) bond motifs is 1. The second-order valence-corrected chi connectivity index (χ2v) is 4.78. The first kappa shape index (κ1) is 12.2. The van der Waals surface area contributed by atoms with Gasteiger partial charge in [-0.2, -0.15) is 9.97 Å². The molecule has 0 aliphatic rings. The van der Waals surface area contributed by atoms with Crippen LogP contribution < -0.4 is 5.32 Å². The van der Waals surface area contributed by atoms with Crippen LogP contribution in [0, 0.1) is 0 Å². The second-order valence-electron chi connectivity index (χ2n) is 4.00. The average molecular weight is 294 g/mol. The molecule has 0 aliphatic carbocycles. The largest absolute Gasteiger partial charge is 0.338 e. The molecule has 0 atom stereocenters. The van der Waals surface area contributed by atoms with E-state index in [-0.39, 0.29) is 5.28 Å². The summed E-state index contributed by atoms with van der Waals surface area (Å²) in [5.41, 5.74) is 2.21. The number of hydrogen-bond acceptors (Lipinski definition) is 4. The number of nitrogens with one attached hydrogen (secondary N) is 1. The minimum Gasteiger partial charge on any atom is -0.338 e. The summed E-state index contributed by atoms with van der Waals surface area (Å²) in [6.45, 7) is 0. The molecule has 7 heteroatoms. The van der Waals surface area contributed by atoms with Crippen LogP contribution in [0.5, 0.6) is 0 Å². The number of hydrogen-bond donors (Lipinski definition) is 1. The first-order valence-corrected chi connectivity index (χ1v) is 6.26. The number of nitrogens with zero attached hydrogens (tertiary/aromatic N) is 4. The normalized spacial score (nSPS) is 10.9. The lowest BCUT2D eigenvalue weighted by molar-refractivity contribution is 0.945. The molecular weight excluding hydrogens is 285 g/mol. The van der Waals surface area contributed by atoms with E-state index in [9.17, 15) is 0 Å². The zero-order valence-electron chi connectivity index (χ0n) is 9.93. The summed E-state index contributed by atoms with van der Waals surface area (Å²) in [6.07, 6.45) is 1.67. The Morgan fingerprint density at radius 3 is 2.58 bits per heavy atom. The third-order valence-electron chi connectivity index (χ3n) is 2.65. The van der Waals surface area contributed by atoms with Gasteiger partial charge in [0.25, 0.3) is 0 Å². The molecule has 1 N–H and O–H groups in total. The topological polar surface area (TPSA) is 55.6 Å². The minimum atomic E-state index is 0.155. The van der Waals surface area contributed by atoms with Crippen molar-refractivity contribution in [1.29, 1.82) is 0 Å². The highest BCUT2D eigenvalue weighted by Gasteiger charge is 2.11. The molecule has 3 aromatic rings. The third kappa shape index (κ3) is 2.34. The van der Waals surface area contributed by atoms with Gasteiger partial charge in [0.1, 0.15) is 5.52 Å². The SMILES string of the molecule is Cn1cnc2nc(Cl)nc(Nc3ccc(Cl)cc3)c21. The highest BCUT2D eigenvalue weighted by Crippen LogP contribution is 2.24. The first-order valence-electron chi connectivity index (χ1n) is 5.50. The summed E-state index contributed by atoms with van der Waals surface area (Å²) < 4.78 is 1.84. The van der Waals surface area contributed by atoms with Crippen molar-refractivity contribution in [3.8, 4) is 0 Å². The maximum atomic E-state index is 5.89. The fourth-order valence-corrected chi connectivity index (χ4v) is 2.08. The van der Waals surface area contributed by atoms with Crippen LogP contribution in [-0.2, 0) is 7.05 Å². The van der Waals surface area contributed by atoms with Crippen LogP contribution in [-0.4, -0.2) is 19.5 Å². The zero-order chi connectivity index (χ0) is 13.4. The third-order valence-corrected chi connectivity index (χ3v) is 3.07. The molecule has 0 bridgehead atoms. The predicted octanol–water partition coefficient (Wildman–Crippen LogP) is 3.41. The summed E-state index contributed by atoms with van der Waals surface area (Å²) in [7, 11) is 1.87. The van der Waals surface area contributed by atoms with E-state index < -0.39 is 0 Å². The lowest BCUT2D eigenvalue weighted by atomic mass is 10.3. The van der Waals surface area contributed by atoms with Crippen molar-refractivity contribution in [1.82, 2.24) is 19.5 Å². The molecule has 1 aromatic carbocycles. The van der Waals surface area contributed by atoms with Gasteiger partial charge in [-0.3, -0.25) is 0 Å². The van der Waals surface area contributed by atoms with Crippen molar-refractivity contribution in [2.24, 2.45) is 7.05 Å². The maximum absolute atomic E-state index is 5.89. The standard InChI is InChI=1S/C12H9Cl2N5/c1-19-6-15-10-9(19)11(18-12(14)17-10)16-8-4-2-7(13)3-5-8/h2-6H,1H3,(H,16,17,18). The van der Waals surface area contributed by atoms with Crippen molar-refractivity contribution in [2.45, 2.75) is 0 Å². The van der Waals surface area contributed by atoms with Crippen LogP contribution in [0.4, 0.5) is 11.5 Å². The van der Waals surface area contributed by atoms with Gasteiger partial charge in [0.2, 0.25) is 5.28 Å². The van der Waals surface area contributed by atoms with E-state index in [0.717, 1.165) is 11.2 Å². The fourth-order valence-electron chi connectivity index (χ4n) is 1.79. The van der Waals surface area contributed by atoms with E-state index in [2.05, 4.69) is 20.3 Å². The molecule has 0 amide bonds. The van der Waals surface area contributed by atoms with Crippen LogP contribution in [0.15, 0.2) is 30.6 Å². The Balaban J connectivity index is 2.09. The number of anilines is 2. The van der Waals surface area contributed by atoms with Crippen LogP contribution in [0.1, 0.15) is 0 Å². The molecule has 0 spiro atoms. The molecule has 5 nitrogen and oxygen atoms in total. The minimum absolute atomic E-state index is 0.155. The molecule has 0 unspecified atom stereocenters. The predicted molar refractivity (Wildman–Crippen MR) is 76.0 cm³/mol. The lowest BCUT2D eigenvalue weighted by Crippen LogP contribution is -1.99. The van der Waals surface area contributed by atoms with Gasteiger partial charge < -0.3 is 9.88 Å². The molecule has 0 saturated carbocycles. The van der Waals surface area contributed by atoms with Crippen LogP contribution in [0.2, 0.25) is 10.3 Å². The first-order chi connectivity index (χ1) is 9.13. The van der Waals surface area contributed by atoms with E-state index in [4.69, 9.17) is 23.2 Å². The number of aryl methyl sites for hydroxylation is 1. The molecule has 3 rings (SSSR count). The summed E-state index contributed by atoms with van der Waals surface area (Å²) in [5.74, 6) is 0.609. The van der Waals surface area contributed by atoms with Crippen LogP contribution in [0.25, 0.3) is 11.2 Å². The maximum Gasteiger partial charge on any atom is 0.226 e. The average Bonchev–Trinajstić information content (AvgIpc) is 2.74. The number of halogens is 2. The summed E-state index contributed by atoms with van der Waals surface area (Å²) in [6, 6.07) is 7.32. The molecule has 0 radical (unpaired) electrons. The second kappa shape index (κ2) is 4.68. The molecule has 19 heavy (non-hydrogen) atoms. The van der Waals surface area contributed by atoms with Crippen molar-refractivity contribution in [3.63, 3.8) is 0 Å². The molecule has 96 valence electrons. The fraction of sp³-hybridized carbons (Fsp3) is 0.0833. The van der Waals surface area contributed by atoms with E-state index >= 15 is 0 Å². The Bertz CT molecular complexity index is 736. The van der Waals surface area contributed by atoms with Crippen molar-refractivity contribution >= 4 is 45.9 Å².